The molecule has 7 heteroatoms. The number of fused-ring (bicyclic) bond motifs is 3. The number of carbonyl (C=O) groups excluding carboxylic acids is 1. The highest BCUT2D eigenvalue weighted by Crippen LogP contribution is 2.24. The van der Waals surface area contributed by atoms with E-state index in [9.17, 15) is 4.79 Å². The molecular weight excluding hydrogens is 280 g/mol. The molecule has 0 spiro atoms. The summed E-state index contributed by atoms with van der Waals surface area (Å²) in [4.78, 5) is 16.9. The average molecular weight is 299 g/mol. The van der Waals surface area contributed by atoms with Gasteiger partial charge in [0.25, 0.3) is 5.91 Å². The SMILES string of the molecule is Cc1[nH]nc(C(=O)N2C[C@H]3COC[C@@H]2CN(C)C3)c1Cl. The van der Waals surface area contributed by atoms with Gasteiger partial charge in [-0.3, -0.25) is 9.89 Å². The molecule has 2 bridgehead atoms. The van der Waals surface area contributed by atoms with Gasteiger partial charge in [0.1, 0.15) is 0 Å². The van der Waals surface area contributed by atoms with E-state index in [1.807, 2.05) is 11.8 Å². The number of rotatable bonds is 1. The van der Waals surface area contributed by atoms with E-state index in [-0.39, 0.29) is 11.9 Å². The minimum atomic E-state index is -0.102. The first kappa shape index (κ1) is 13.9. The molecule has 2 saturated heterocycles. The number of aromatic nitrogens is 2. The van der Waals surface area contributed by atoms with Crippen molar-refractivity contribution in [2.75, 3.05) is 39.9 Å². The number of aromatic amines is 1. The number of nitrogens with zero attached hydrogens (tertiary/aromatic N) is 3. The minimum Gasteiger partial charge on any atom is -0.379 e. The van der Waals surface area contributed by atoms with Crippen molar-refractivity contribution in [3.8, 4) is 0 Å². The van der Waals surface area contributed by atoms with Crippen molar-refractivity contribution in [3.05, 3.63) is 16.4 Å². The number of halogens is 1. The monoisotopic (exact) mass is 298 g/mol. The Morgan fingerprint density at radius 1 is 1.40 bits per heavy atom. The predicted octanol–water partition coefficient (Wildman–Crippen LogP) is 0.774. The summed E-state index contributed by atoms with van der Waals surface area (Å²) in [6.45, 7) is 5.57. The Morgan fingerprint density at radius 3 is 2.90 bits per heavy atom. The van der Waals surface area contributed by atoms with Gasteiger partial charge >= 0.3 is 0 Å². The highest BCUT2D eigenvalue weighted by atomic mass is 35.5. The number of hydrogen-bond donors (Lipinski definition) is 1. The van der Waals surface area contributed by atoms with Crippen LogP contribution in [0.1, 0.15) is 16.2 Å². The Bertz CT molecular complexity index is 518. The lowest BCUT2D eigenvalue weighted by molar-refractivity contribution is 0.0480. The van der Waals surface area contributed by atoms with Crippen molar-refractivity contribution in [1.29, 1.82) is 0 Å². The fourth-order valence-electron chi connectivity index (χ4n) is 3.02. The molecule has 0 aliphatic carbocycles. The van der Waals surface area contributed by atoms with E-state index >= 15 is 0 Å². The Morgan fingerprint density at radius 2 is 2.20 bits per heavy atom. The summed E-state index contributed by atoms with van der Waals surface area (Å²) in [6, 6.07) is 0.0630. The second kappa shape index (κ2) is 5.35. The van der Waals surface area contributed by atoms with E-state index in [2.05, 4.69) is 22.1 Å². The molecule has 0 unspecified atom stereocenters. The number of H-pyrrole nitrogens is 1. The number of amides is 1. The molecule has 1 aromatic rings. The van der Waals surface area contributed by atoms with Crippen molar-refractivity contribution in [3.63, 3.8) is 0 Å². The third-order valence-electron chi connectivity index (χ3n) is 3.99. The molecule has 110 valence electrons. The zero-order valence-electron chi connectivity index (χ0n) is 11.7. The predicted molar refractivity (Wildman–Crippen MR) is 75.0 cm³/mol. The summed E-state index contributed by atoms with van der Waals surface area (Å²) in [5.41, 5.74) is 1.04. The van der Waals surface area contributed by atoms with Gasteiger partial charge in [-0.1, -0.05) is 11.6 Å². The van der Waals surface area contributed by atoms with Crippen LogP contribution < -0.4 is 0 Å². The van der Waals surface area contributed by atoms with Crippen molar-refractivity contribution in [2.45, 2.75) is 13.0 Å². The molecule has 2 aliphatic rings. The van der Waals surface area contributed by atoms with Gasteiger partial charge in [0.05, 0.1) is 30.0 Å². The minimum absolute atomic E-state index is 0.0630. The summed E-state index contributed by atoms with van der Waals surface area (Å²) in [5, 5.41) is 7.24. The van der Waals surface area contributed by atoms with Crippen molar-refractivity contribution < 1.29 is 9.53 Å². The van der Waals surface area contributed by atoms with E-state index in [1.54, 1.807) is 0 Å². The first-order valence-corrected chi connectivity index (χ1v) is 7.21. The lowest BCUT2D eigenvalue weighted by Crippen LogP contribution is -2.46. The second-order valence-electron chi connectivity index (χ2n) is 5.75. The topological polar surface area (TPSA) is 61.5 Å². The molecule has 1 aromatic heterocycles. The molecular formula is C13H19ClN4O2. The number of hydrogen-bond acceptors (Lipinski definition) is 4. The molecule has 0 aromatic carbocycles. The van der Waals surface area contributed by atoms with Gasteiger partial charge in [-0.2, -0.15) is 5.10 Å². The maximum absolute atomic E-state index is 12.7. The third kappa shape index (κ3) is 2.43. The van der Waals surface area contributed by atoms with Gasteiger partial charge in [0.2, 0.25) is 0 Å². The van der Waals surface area contributed by atoms with Crippen molar-refractivity contribution >= 4 is 17.5 Å². The number of carbonyl (C=O) groups is 1. The molecule has 1 amide bonds. The Hall–Kier alpha value is -1.11. The quantitative estimate of drug-likeness (QED) is 0.832. The zero-order valence-corrected chi connectivity index (χ0v) is 12.5. The van der Waals surface area contributed by atoms with Gasteiger partial charge in [-0.05, 0) is 14.0 Å². The van der Waals surface area contributed by atoms with Crippen molar-refractivity contribution in [2.24, 2.45) is 5.92 Å². The molecule has 6 nitrogen and oxygen atoms in total. The highest BCUT2D eigenvalue weighted by Gasteiger charge is 2.36. The standard InChI is InChI=1S/C13H19ClN4O2/c1-8-11(14)12(16-15-8)13(19)18-4-9-3-17(2)5-10(18)7-20-6-9/h9-10H,3-7H2,1-2H3,(H,15,16)/t9-,10-/m0/s1. The van der Waals surface area contributed by atoms with Crippen LogP contribution in [0.3, 0.4) is 0 Å². The van der Waals surface area contributed by atoms with E-state index in [0.717, 1.165) is 18.8 Å². The summed E-state index contributed by atoms with van der Waals surface area (Å²) in [7, 11) is 2.09. The van der Waals surface area contributed by atoms with E-state index in [1.165, 1.54) is 0 Å². The molecule has 2 aliphatic heterocycles. The Labute approximate surface area is 123 Å². The van der Waals surface area contributed by atoms with Crippen LogP contribution in [0.15, 0.2) is 0 Å². The maximum Gasteiger partial charge on any atom is 0.276 e. The smallest absolute Gasteiger partial charge is 0.276 e. The molecule has 2 atom stereocenters. The normalized spacial score (nSPS) is 27.4. The van der Waals surface area contributed by atoms with Gasteiger partial charge in [0.15, 0.2) is 5.69 Å². The van der Waals surface area contributed by atoms with Crippen LogP contribution in [-0.2, 0) is 4.74 Å². The number of likely N-dealkylation sites (N-methyl/N-ethyl adjacent to an activating group) is 1. The molecule has 3 rings (SSSR count). The van der Waals surface area contributed by atoms with E-state index in [0.29, 0.717) is 36.4 Å². The van der Waals surface area contributed by atoms with Crippen LogP contribution in [0.25, 0.3) is 0 Å². The lowest BCUT2D eigenvalue weighted by Gasteiger charge is -2.29. The Balaban J connectivity index is 1.88. The number of nitrogens with one attached hydrogen (secondary N) is 1. The van der Waals surface area contributed by atoms with Crippen LogP contribution in [0.4, 0.5) is 0 Å². The van der Waals surface area contributed by atoms with Crippen LogP contribution >= 0.6 is 11.6 Å². The fourth-order valence-corrected chi connectivity index (χ4v) is 3.18. The molecule has 3 heterocycles. The third-order valence-corrected chi connectivity index (χ3v) is 4.45. The van der Waals surface area contributed by atoms with E-state index in [4.69, 9.17) is 16.3 Å². The van der Waals surface area contributed by atoms with Crippen LogP contribution in [0, 0.1) is 12.8 Å². The summed E-state index contributed by atoms with van der Waals surface area (Å²) >= 11 is 6.15. The molecule has 1 N–H and O–H groups in total. The van der Waals surface area contributed by atoms with Crippen LogP contribution in [-0.4, -0.2) is 71.8 Å². The summed E-state index contributed by atoms with van der Waals surface area (Å²) < 4.78 is 5.68. The van der Waals surface area contributed by atoms with Crippen LogP contribution in [0.2, 0.25) is 5.02 Å². The van der Waals surface area contributed by atoms with Gasteiger partial charge in [0, 0.05) is 25.6 Å². The summed E-state index contributed by atoms with van der Waals surface area (Å²) in [5.74, 6) is 0.241. The second-order valence-corrected chi connectivity index (χ2v) is 6.13. The van der Waals surface area contributed by atoms with Gasteiger partial charge in [-0.25, -0.2) is 0 Å². The van der Waals surface area contributed by atoms with E-state index < -0.39 is 0 Å². The zero-order chi connectivity index (χ0) is 14.3. The van der Waals surface area contributed by atoms with Crippen molar-refractivity contribution in [1.82, 2.24) is 20.0 Å². The molecule has 20 heavy (non-hydrogen) atoms. The van der Waals surface area contributed by atoms with Gasteiger partial charge < -0.3 is 14.5 Å². The summed E-state index contributed by atoms with van der Waals surface area (Å²) in [6.07, 6.45) is 0. The van der Waals surface area contributed by atoms with Gasteiger partial charge in [-0.15, -0.1) is 0 Å². The number of ether oxygens (including phenoxy) is 1. The molecule has 0 saturated carbocycles. The first-order chi connectivity index (χ1) is 9.56. The first-order valence-electron chi connectivity index (χ1n) is 6.84. The Kier molecular flexibility index (Phi) is 3.70. The average Bonchev–Trinajstić information content (AvgIpc) is 2.57. The highest BCUT2D eigenvalue weighted by molar-refractivity contribution is 6.34. The molecule has 2 fully saturated rings. The maximum atomic E-state index is 12.7. The fraction of sp³-hybridized carbons (Fsp3) is 0.692. The van der Waals surface area contributed by atoms with Crippen LogP contribution in [0.5, 0.6) is 0 Å². The largest absolute Gasteiger partial charge is 0.379 e. The molecule has 0 radical (unpaired) electrons. The number of aryl methyl sites for hydroxylation is 1. The lowest BCUT2D eigenvalue weighted by atomic mass is 10.1.